The van der Waals surface area contributed by atoms with E-state index in [0.717, 1.165) is 42.1 Å². The Balaban J connectivity index is 1.60. The monoisotopic (exact) mass is 435 g/mol. The number of rotatable bonds is 8. The summed E-state index contributed by atoms with van der Waals surface area (Å²) in [5.74, 6) is 1.91. The molecule has 2 aromatic heterocycles. The molecule has 1 amide bonds. The standard InChI is InChI=1S/C23H29N7O2/c1-5-7-8-19-22(31)27-17-12-24-23(28-21(17)30(19)6-2)26-16-9-10-18(20(11-16)32-4)29-13-15(3)25-14-29/h9-14,19H,5-8H2,1-4H3,(H,27,31)(H,24,26,28). The van der Waals surface area contributed by atoms with E-state index in [1.165, 1.54) is 0 Å². The predicted octanol–water partition coefficient (Wildman–Crippen LogP) is 4.06. The molecule has 1 aliphatic heterocycles. The summed E-state index contributed by atoms with van der Waals surface area (Å²) in [7, 11) is 1.64. The average molecular weight is 436 g/mol. The number of benzene rings is 1. The second kappa shape index (κ2) is 9.25. The van der Waals surface area contributed by atoms with Gasteiger partial charge < -0.3 is 24.8 Å². The van der Waals surface area contributed by atoms with Crippen molar-refractivity contribution in [2.24, 2.45) is 0 Å². The molecule has 9 nitrogen and oxygen atoms in total. The van der Waals surface area contributed by atoms with Crippen molar-refractivity contribution in [2.45, 2.75) is 46.1 Å². The van der Waals surface area contributed by atoms with Crippen LogP contribution in [0.1, 0.15) is 38.8 Å². The lowest BCUT2D eigenvalue weighted by Crippen LogP contribution is -2.48. The number of aryl methyl sites for hydroxylation is 1. The zero-order valence-corrected chi connectivity index (χ0v) is 18.9. The van der Waals surface area contributed by atoms with E-state index in [2.05, 4.69) is 32.4 Å². The Morgan fingerprint density at radius 1 is 1.25 bits per heavy atom. The van der Waals surface area contributed by atoms with E-state index < -0.39 is 0 Å². The van der Waals surface area contributed by atoms with Crippen LogP contribution in [0.5, 0.6) is 5.75 Å². The Labute approximate surface area is 187 Å². The van der Waals surface area contributed by atoms with Crippen LogP contribution in [0.25, 0.3) is 5.69 Å². The Kier molecular flexibility index (Phi) is 6.25. The van der Waals surface area contributed by atoms with Gasteiger partial charge in [-0.1, -0.05) is 19.8 Å². The van der Waals surface area contributed by atoms with Crippen LogP contribution in [0, 0.1) is 6.92 Å². The Hall–Kier alpha value is -3.62. The van der Waals surface area contributed by atoms with Gasteiger partial charge in [-0.05, 0) is 32.4 Å². The number of fused-ring (bicyclic) bond motifs is 1. The van der Waals surface area contributed by atoms with Crippen molar-refractivity contribution in [1.29, 1.82) is 0 Å². The molecular weight excluding hydrogens is 406 g/mol. The van der Waals surface area contributed by atoms with Gasteiger partial charge in [-0.3, -0.25) is 4.79 Å². The van der Waals surface area contributed by atoms with Gasteiger partial charge in [0.15, 0.2) is 5.82 Å². The number of hydrogen-bond donors (Lipinski definition) is 2. The van der Waals surface area contributed by atoms with Crippen LogP contribution in [0.15, 0.2) is 36.9 Å². The number of methoxy groups -OCH3 is 1. The Bertz CT molecular complexity index is 1110. The molecule has 1 unspecified atom stereocenters. The first-order valence-electron chi connectivity index (χ1n) is 10.9. The number of ether oxygens (including phenoxy) is 1. The van der Waals surface area contributed by atoms with Crippen LogP contribution in [0.2, 0.25) is 0 Å². The fraction of sp³-hybridized carbons (Fsp3) is 0.391. The van der Waals surface area contributed by atoms with E-state index in [4.69, 9.17) is 9.72 Å². The van der Waals surface area contributed by atoms with Gasteiger partial charge in [0.1, 0.15) is 17.5 Å². The highest BCUT2D eigenvalue weighted by atomic mass is 16.5. The summed E-state index contributed by atoms with van der Waals surface area (Å²) >= 11 is 0. The molecule has 32 heavy (non-hydrogen) atoms. The summed E-state index contributed by atoms with van der Waals surface area (Å²) in [4.78, 5) is 28.0. The van der Waals surface area contributed by atoms with E-state index in [-0.39, 0.29) is 11.9 Å². The van der Waals surface area contributed by atoms with Gasteiger partial charge in [-0.2, -0.15) is 4.98 Å². The maximum absolute atomic E-state index is 12.6. The topological polar surface area (TPSA) is 97.2 Å². The highest BCUT2D eigenvalue weighted by Gasteiger charge is 2.33. The van der Waals surface area contributed by atoms with E-state index in [0.29, 0.717) is 23.9 Å². The van der Waals surface area contributed by atoms with Gasteiger partial charge in [-0.15, -0.1) is 0 Å². The number of likely N-dealkylation sites (N-methyl/N-ethyl adjacent to an activating group) is 1. The number of anilines is 4. The number of nitrogens with zero attached hydrogens (tertiary/aromatic N) is 5. The van der Waals surface area contributed by atoms with Gasteiger partial charge in [-0.25, -0.2) is 9.97 Å². The smallest absolute Gasteiger partial charge is 0.247 e. The number of carbonyl (C=O) groups excluding carboxylic acids is 1. The van der Waals surface area contributed by atoms with Crippen molar-refractivity contribution in [3.05, 3.63) is 42.6 Å². The molecule has 168 valence electrons. The first-order valence-corrected chi connectivity index (χ1v) is 10.9. The predicted molar refractivity (Wildman–Crippen MR) is 125 cm³/mol. The molecule has 0 saturated heterocycles. The molecule has 1 aromatic carbocycles. The second-order valence-corrected chi connectivity index (χ2v) is 7.80. The van der Waals surface area contributed by atoms with Crippen molar-refractivity contribution < 1.29 is 9.53 Å². The highest BCUT2D eigenvalue weighted by molar-refractivity contribution is 6.02. The van der Waals surface area contributed by atoms with Crippen molar-refractivity contribution in [3.8, 4) is 11.4 Å². The largest absolute Gasteiger partial charge is 0.494 e. The number of nitrogens with one attached hydrogen (secondary N) is 2. The van der Waals surface area contributed by atoms with Crippen molar-refractivity contribution in [1.82, 2.24) is 19.5 Å². The van der Waals surface area contributed by atoms with Crippen LogP contribution < -0.4 is 20.3 Å². The lowest BCUT2D eigenvalue weighted by molar-refractivity contribution is -0.117. The molecule has 0 radical (unpaired) electrons. The van der Waals surface area contributed by atoms with Gasteiger partial charge in [0.05, 0.1) is 31.0 Å². The number of carbonyl (C=O) groups is 1. The first kappa shape index (κ1) is 21.6. The second-order valence-electron chi connectivity index (χ2n) is 7.80. The summed E-state index contributed by atoms with van der Waals surface area (Å²) in [5.41, 5.74) is 3.26. The van der Waals surface area contributed by atoms with Crippen LogP contribution >= 0.6 is 0 Å². The fourth-order valence-corrected chi connectivity index (χ4v) is 3.95. The zero-order valence-electron chi connectivity index (χ0n) is 18.9. The molecular formula is C23H29N7O2. The quantitative estimate of drug-likeness (QED) is 0.551. The molecule has 1 aliphatic rings. The van der Waals surface area contributed by atoms with Gasteiger partial charge in [0.2, 0.25) is 11.9 Å². The summed E-state index contributed by atoms with van der Waals surface area (Å²) in [6.07, 6.45) is 8.19. The zero-order chi connectivity index (χ0) is 22.7. The summed E-state index contributed by atoms with van der Waals surface area (Å²) in [6, 6.07) is 5.59. The molecule has 3 heterocycles. The van der Waals surface area contributed by atoms with Crippen molar-refractivity contribution in [3.63, 3.8) is 0 Å². The molecule has 1 atom stereocenters. The van der Waals surface area contributed by atoms with Crippen LogP contribution in [-0.2, 0) is 4.79 Å². The summed E-state index contributed by atoms with van der Waals surface area (Å²) < 4.78 is 7.51. The third-order valence-electron chi connectivity index (χ3n) is 5.57. The summed E-state index contributed by atoms with van der Waals surface area (Å²) in [5, 5.41) is 6.22. The Morgan fingerprint density at radius 2 is 2.09 bits per heavy atom. The van der Waals surface area contributed by atoms with E-state index in [1.54, 1.807) is 19.6 Å². The third-order valence-corrected chi connectivity index (χ3v) is 5.57. The van der Waals surface area contributed by atoms with Crippen molar-refractivity contribution in [2.75, 3.05) is 29.2 Å². The van der Waals surface area contributed by atoms with Crippen molar-refractivity contribution >= 4 is 29.0 Å². The van der Waals surface area contributed by atoms with Gasteiger partial charge in [0, 0.05) is 24.5 Å². The average Bonchev–Trinajstić information content (AvgIpc) is 3.23. The van der Waals surface area contributed by atoms with Gasteiger partial charge in [0.25, 0.3) is 0 Å². The highest BCUT2D eigenvalue weighted by Crippen LogP contribution is 2.33. The number of amides is 1. The molecule has 4 rings (SSSR count). The molecule has 0 aliphatic carbocycles. The minimum atomic E-state index is -0.215. The molecule has 2 N–H and O–H groups in total. The van der Waals surface area contributed by atoms with E-state index >= 15 is 0 Å². The first-order chi connectivity index (χ1) is 15.5. The molecule has 0 bridgehead atoms. The van der Waals surface area contributed by atoms with Crippen LogP contribution in [0.4, 0.5) is 23.1 Å². The minimum Gasteiger partial charge on any atom is -0.494 e. The lowest BCUT2D eigenvalue weighted by atomic mass is 10.0. The number of hydrogen-bond acceptors (Lipinski definition) is 7. The number of aromatic nitrogens is 4. The lowest BCUT2D eigenvalue weighted by Gasteiger charge is -2.36. The third kappa shape index (κ3) is 4.23. The minimum absolute atomic E-state index is 0.00664. The van der Waals surface area contributed by atoms with Crippen LogP contribution in [0.3, 0.4) is 0 Å². The van der Waals surface area contributed by atoms with E-state index in [9.17, 15) is 4.79 Å². The molecule has 9 heteroatoms. The van der Waals surface area contributed by atoms with Gasteiger partial charge >= 0.3 is 0 Å². The maximum atomic E-state index is 12.6. The SMILES string of the molecule is CCCCC1C(=O)Nc2cnc(Nc3ccc(-n4cnc(C)c4)c(OC)c3)nc2N1CC. The normalized spacial score (nSPS) is 15.3. The molecule has 0 spiro atoms. The Morgan fingerprint density at radius 3 is 2.78 bits per heavy atom. The maximum Gasteiger partial charge on any atom is 0.247 e. The van der Waals surface area contributed by atoms with Crippen LogP contribution in [-0.4, -0.2) is 45.1 Å². The van der Waals surface area contributed by atoms with E-state index in [1.807, 2.05) is 42.8 Å². The molecule has 3 aromatic rings. The molecule has 0 fully saturated rings. The number of imidazole rings is 1. The molecule has 0 saturated carbocycles. The summed E-state index contributed by atoms with van der Waals surface area (Å²) in [6.45, 7) is 6.81. The number of unbranched alkanes of at least 4 members (excludes halogenated alkanes) is 1. The fourth-order valence-electron chi connectivity index (χ4n) is 3.95.